The summed E-state index contributed by atoms with van der Waals surface area (Å²) in [6, 6.07) is 1.19. The highest BCUT2D eigenvalue weighted by Crippen LogP contribution is 2.46. The Kier molecular flexibility index (Phi) is 3.95. The molecule has 2 saturated carbocycles. The molecule has 1 aromatic rings. The van der Waals surface area contributed by atoms with E-state index in [1.807, 2.05) is 11.1 Å². The lowest BCUT2D eigenvalue weighted by atomic mass is 9.93. The molecule has 6 heteroatoms. The maximum Gasteiger partial charge on any atom is 0.317 e. The summed E-state index contributed by atoms with van der Waals surface area (Å²) in [5.41, 5.74) is 2.50. The van der Waals surface area contributed by atoms with Crippen molar-refractivity contribution >= 4 is 6.03 Å². The molecule has 1 aliphatic heterocycles. The minimum absolute atomic E-state index is 0.129. The van der Waals surface area contributed by atoms with Crippen LogP contribution in [0, 0.1) is 11.8 Å². The number of amides is 2. The first-order valence-corrected chi connectivity index (χ1v) is 10.1. The number of hydrogen-bond donors (Lipinski definition) is 2. The standard InChI is InChI=1S/C19H29N5O/c25-19(21-16-3-4-17-15(11-16)12-20-22-17)24-7-5-23(6-8-24)18-10-13-1-2-14(18)9-13/h12-14,16,18H,1-11H2,(H,20,22)(H,21,25). The zero-order valence-electron chi connectivity index (χ0n) is 14.9. The van der Waals surface area contributed by atoms with Gasteiger partial charge in [-0.05, 0) is 55.9 Å². The molecule has 0 radical (unpaired) electrons. The molecule has 4 atom stereocenters. The molecule has 0 spiro atoms. The van der Waals surface area contributed by atoms with Crippen molar-refractivity contribution in [3.05, 3.63) is 17.5 Å². The number of urea groups is 1. The van der Waals surface area contributed by atoms with E-state index in [-0.39, 0.29) is 12.1 Å². The highest BCUT2D eigenvalue weighted by Gasteiger charge is 2.43. The fourth-order valence-electron chi connectivity index (χ4n) is 5.72. The van der Waals surface area contributed by atoms with Gasteiger partial charge in [-0.25, -0.2) is 4.79 Å². The monoisotopic (exact) mass is 343 g/mol. The number of carbonyl (C=O) groups is 1. The molecule has 3 fully saturated rings. The number of carbonyl (C=O) groups excluding carboxylic acids is 1. The zero-order valence-corrected chi connectivity index (χ0v) is 14.9. The molecule has 2 heterocycles. The van der Waals surface area contributed by atoms with E-state index < -0.39 is 0 Å². The van der Waals surface area contributed by atoms with Crippen molar-refractivity contribution in [1.82, 2.24) is 25.3 Å². The van der Waals surface area contributed by atoms with Crippen LogP contribution in [0.25, 0.3) is 0 Å². The molecule has 0 aromatic carbocycles. The van der Waals surface area contributed by atoms with Crippen molar-refractivity contribution in [3.8, 4) is 0 Å². The largest absolute Gasteiger partial charge is 0.335 e. The van der Waals surface area contributed by atoms with E-state index >= 15 is 0 Å². The number of aromatic amines is 1. The van der Waals surface area contributed by atoms with Gasteiger partial charge in [0.15, 0.2) is 0 Å². The van der Waals surface area contributed by atoms with Gasteiger partial charge in [0.1, 0.15) is 0 Å². The smallest absolute Gasteiger partial charge is 0.317 e. The number of fused-ring (bicyclic) bond motifs is 3. The lowest BCUT2D eigenvalue weighted by molar-refractivity contribution is 0.0818. The third kappa shape index (κ3) is 2.94. The van der Waals surface area contributed by atoms with E-state index in [1.54, 1.807) is 0 Å². The molecule has 5 rings (SSSR count). The Labute approximate surface area is 149 Å². The van der Waals surface area contributed by atoms with Crippen LogP contribution in [-0.2, 0) is 12.8 Å². The zero-order chi connectivity index (χ0) is 16.8. The van der Waals surface area contributed by atoms with Gasteiger partial charge in [0, 0.05) is 44.0 Å². The molecular formula is C19H29N5O. The number of H-pyrrole nitrogens is 1. The maximum atomic E-state index is 12.6. The van der Waals surface area contributed by atoms with Gasteiger partial charge in [0.2, 0.25) is 0 Å². The normalized spacial score (nSPS) is 35.0. The minimum Gasteiger partial charge on any atom is -0.335 e. The van der Waals surface area contributed by atoms with Crippen LogP contribution >= 0.6 is 0 Å². The number of piperazine rings is 1. The summed E-state index contributed by atoms with van der Waals surface area (Å²) in [5.74, 6) is 1.94. The molecule has 1 saturated heterocycles. The molecule has 3 aliphatic carbocycles. The first kappa shape index (κ1) is 15.7. The SMILES string of the molecule is O=C(NC1CCc2[nH]ncc2C1)N1CCN(C2CC3CCC2C3)CC1. The summed E-state index contributed by atoms with van der Waals surface area (Å²) >= 11 is 0. The van der Waals surface area contributed by atoms with Crippen molar-refractivity contribution in [3.63, 3.8) is 0 Å². The highest BCUT2D eigenvalue weighted by atomic mass is 16.2. The molecule has 25 heavy (non-hydrogen) atoms. The molecule has 136 valence electrons. The third-order valence-electron chi connectivity index (χ3n) is 7.12. The van der Waals surface area contributed by atoms with E-state index in [4.69, 9.17) is 0 Å². The predicted molar refractivity (Wildman–Crippen MR) is 95.3 cm³/mol. The van der Waals surface area contributed by atoms with E-state index in [1.165, 1.54) is 36.9 Å². The minimum atomic E-state index is 0.129. The average molecular weight is 343 g/mol. The number of rotatable bonds is 2. The van der Waals surface area contributed by atoms with Crippen molar-refractivity contribution < 1.29 is 4.79 Å². The number of nitrogens with zero attached hydrogens (tertiary/aromatic N) is 3. The Bertz CT molecular complexity index is 636. The Balaban J connectivity index is 1.12. The Hall–Kier alpha value is -1.56. The topological polar surface area (TPSA) is 64.3 Å². The molecule has 4 unspecified atom stereocenters. The van der Waals surface area contributed by atoms with Crippen molar-refractivity contribution in [2.75, 3.05) is 26.2 Å². The Morgan fingerprint density at radius 3 is 2.80 bits per heavy atom. The first-order chi connectivity index (χ1) is 12.3. The van der Waals surface area contributed by atoms with Crippen LogP contribution in [0.5, 0.6) is 0 Å². The number of aromatic nitrogens is 2. The van der Waals surface area contributed by atoms with Gasteiger partial charge in [-0.15, -0.1) is 0 Å². The van der Waals surface area contributed by atoms with Crippen LogP contribution in [0.4, 0.5) is 4.79 Å². The first-order valence-electron chi connectivity index (χ1n) is 10.1. The molecule has 2 bridgehead atoms. The molecule has 2 N–H and O–H groups in total. The van der Waals surface area contributed by atoms with Crippen LogP contribution < -0.4 is 5.32 Å². The second kappa shape index (κ2) is 6.31. The number of nitrogens with one attached hydrogen (secondary N) is 2. The second-order valence-electron chi connectivity index (χ2n) is 8.53. The van der Waals surface area contributed by atoms with Gasteiger partial charge in [0.05, 0.1) is 6.20 Å². The second-order valence-corrected chi connectivity index (χ2v) is 8.53. The highest BCUT2D eigenvalue weighted by molar-refractivity contribution is 5.74. The molecule has 2 amide bonds. The molecule has 1 aromatic heterocycles. The summed E-state index contributed by atoms with van der Waals surface area (Å²) in [5, 5.41) is 10.4. The van der Waals surface area contributed by atoms with Gasteiger partial charge in [-0.2, -0.15) is 5.10 Å². The van der Waals surface area contributed by atoms with E-state index in [2.05, 4.69) is 20.4 Å². The molecule has 4 aliphatic rings. The number of hydrogen-bond acceptors (Lipinski definition) is 3. The van der Waals surface area contributed by atoms with Crippen molar-refractivity contribution in [2.24, 2.45) is 11.8 Å². The fourth-order valence-corrected chi connectivity index (χ4v) is 5.72. The summed E-state index contributed by atoms with van der Waals surface area (Å²) in [6.45, 7) is 3.86. The van der Waals surface area contributed by atoms with E-state index in [0.29, 0.717) is 0 Å². The molecular weight excluding hydrogens is 314 g/mol. The third-order valence-corrected chi connectivity index (χ3v) is 7.12. The van der Waals surface area contributed by atoms with Crippen LogP contribution in [0.15, 0.2) is 6.20 Å². The van der Waals surface area contributed by atoms with Crippen LogP contribution in [0.3, 0.4) is 0 Å². The van der Waals surface area contributed by atoms with Gasteiger partial charge in [0.25, 0.3) is 0 Å². The molecule has 6 nitrogen and oxygen atoms in total. The van der Waals surface area contributed by atoms with E-state index in [9.17, 15) is 4.79 Å². The lowest BCUT2D eigenvalue weighted by Crippen LogP contribution is -2.56. The van der Waals surface area contributed by atoms with Crippen LogP contribution in [0.2, 0.25) is 0 Å². The van der Waals surface area contributed by atoms with Crippen molar-refractivity contribution in [2.45, 2.75) is 57.0 Å². The summed E-state index contributed by atoms with van der Waals surface area (Å²) < 4.78 is 0. The summed E-state index contributed by atoms with van der Waals surface area (Å²) in [4.78, 5) is 17.3. The van der Waals surface area contributed by atoms with Gasteiger partial charge < -0.3 is 10.2 Å². The maximum absolute atomic E-state index is 12.6. The van der Waals surface area contributed by atoms with Crippen LogP contribution in [-0.4, -0.2) is 64.3 Å². The summed E-state index contributed by atoms with van der Waals surface area (Å²) in [6.07, 6.45) is 10.6. The predicted octanol–water partition coefficient (Wildman–Crippen LogP) is 1.78. The Morgan fingerprint density at radius 1 is 1.16 bits per heavy atom. The van der Waals surface area contributed by atoms with Gasteiger partial charge in [-0.3, -0.25) is 10.00 Å². The lowest BCUT2D eigenvalue weighted by Gasteiger charge is -2.41. The van der Waals surface area contributed by atoms with E-state index in [0.717, 1.165) is 63.3 Å². The van der Waals surface area contributed by atoms with Crippen LogP contribution in [0.1, 0.15) is 43.4 Å². The average Bonchev–Trinajstić information content (AvgIpc) is 3.38. The van der Waals surface area contributed by atoms with Crippen molar-refractivity contribution in [1.29, 1.82) is 0 Å². The quantitative estimate of drug-likeness (QED) is 0.860. The number of aryl methyl sites for hydroxylation is 1. The van der Waals surface area contributed by atoms with Gasteiger partial charge in [-0.1, -0.05) is 6.42 Å². The van der Waals surface area contributed by atoms with Gasteiger partial charge >= 0.3 is 6.03 Å². The fraction of sp³-hybridized carbons (Fsp3) is 0.789. The Morgan fingerprint density at radius 2 is 2.04 bits per heavy atom. The summed E-state index contributed by atoms with van der Waals surface area (Å²) in [7, 11) is 0.